The normalized spacial score (nSPS) is 17.5. The molecule has 1 fully saturated rings. The number of hydrogen-bond donors (Lipinski definition) is 0. The molecule has 1 aromatic carbocycles. The van der Waals surface area contributed by atoms with Gasteiger partial charge in [-0.05, 0) is 58.1 Å². The lowest BCUT2D eigenvalue weighted by Gasteiger charge is -2.33. The van der Waals surface area contributed by atoms with Gasteiger partial charge in [-0.15, -0.1) is 0 Å². The Balaban J connectivity index is 1.68. The maximum Gasteiger partial charge on any atom is 0.253 e. The third-order valence-corrected chi connectivity index (χ3v) is 4.99. The molecule has 1 amide bonds. The number of carbonyl (C=O) groups excluding carboxylic acids is 1. The molecule has 1 aliphatic rings. The molecule has 146 valence electrons. The summed E-state index contributed by atoms with van der Waals surface area (Å²) >= 11 is 0. The molecule has 0 saturated carbocycles. The molecule has 0 N–H and O–H groups in total. The lowest BCUT2D eigenvalue weighted by Crippen LogP contribution is -2.39. The van der Waals surface area contributed by atoms with Crippen molar-refractivity contribution in [3.63, 3.8) is 0 Å². The molecule has 1 unspecified atom stereocenters. The molecule has 1 atom stereocenters. The molecule has 5 nitrogen and oxygen atoms in total. The average molecular weight is 376 g/mol. The number of carbonyl (C=O) groups is 1. The Morgan fingerprint density at radius 2 is 2.11 bits per heavy atom. The van der Waals surface area contributed by atoms with Crippen LogP contribution in [0, 0.1) is 11.6 Å². The van der Waals surface area contributed by atoms with Crippen LogP contribution in [0.2, 0.25) is 0 Å². The van der Waals surface area contributed by atoms with Gasteiger partial charge in [-0.3, -0.25) is 4.79 Å². The van der Waals surface area contributed by atoms with E-state index in [1.807, 2.05) is 6.20 Å². The van der Waals surface area contributed by atoms with Gasteiger partial charge in [0.25, 0.3) is 5.91 Å². The Kier molecular flexibility index (Phi) is 6.21. The Hall–Kier alpha value is -2.28. The molecule has 2 aromatic rings. The van der Waals surface area contributed by atoms with Crippen LogP contribution in [0.3, 0.4) is 0 Å². The summed E-state index contributed by atoms with van der Waals surface area (Å²) < 4.78 is 28.8. The topological polar surface area (TPSA) is 41.4 Å². The third kappa shape index (κ3) is 4.71. The van der Waals surface area contributed by atoms with Gasteiger partial charge in [0.2, 0.25) is 0 Å². The van der Waals surface area contributed by atoms with E-state index in [1.54, 1.807) is 11.1 Å². The Labute approximate surface area is 158 Å². The molecule has 0 spiro atoms. The number of halogens is 2. The van der Waals surface area contributed by atoms with Crippen LogP contribution in [0.1, 0.15) is 41.4 Å². The highest BCUT2D eigenvalue weighted by Gasteiger charge is 2.28. The van der Waals surface area contributed by atoms with Gasteiger partial charge in [0.15, 0.2) is 11.6 Å². The molecule has 0 radical (unpaired) electrons. The zero-order chi connectivity index (χ0) is 19.4. The van der Waals surface area contributed by atoms with Crippen molar-refractivity contribution in [1.29, 1.82) is 0 Å². The number of aryl methyl sites for hydroxylation is 1. The number of aromatic nitrogens is 2. The molecule has 2 heterocycles. The van der Waals surface area contributed by atoms with Crippen molar-refractivity contribution < 1.29 is 13.6 Å². The van der Waals surface area contributed by atoms with Crippen LogP contribution in [-0.2, 0) is 6.54 Å². The highest BCUT2D eigenvalue weighted by atomic mass is 19.2. The first-order valence-corrected chi connectivity index (χ1v) is 9.36. The molecule has 1 saturated heterocycles. The fraction of sp³-hybridized carbons (Fsp3) is 0.500. The lowest BCUT2D eigenvalue weighted by atomic mass is 9.96. The zero-order valence-electron chi connectivity index (χ0n) is 15.9. The highest BCUT2D eigenvalue weighted by Crippen LogP contribution is 2.27. The van der Waals surface area contributed by atoms with Crippen LogP contribution in [-0.4, -0.2) is 59.0 Å². The van der Waals surface area contributed by atoms with Crippen LogP contribution in [0.4, 0.5) is 8.78 Å². The number of benzene rings is 1. The Morgan fingerprint density at radius 1 is 1.30 bits per heavy atom. The Morgan fingerprint density at radius 3 is 2.85 bits per heavy atom. The molecule has 3 rings (SSSR count). The van der Waals surface area contributed by atoms with Crippen LogP contribution >= 0.6 is 0 Å². The molecule has 27 heavy (non-hydrogen) atoms. The van der Waals surface area contributed by atoms with Crippen molar-refractivity contribution in [3.05, 3.63) is 53.6 Å². The predicted octanol–water partition coefficient (Wildman–Crippen LogP) is 3.13. The minimum absolute atomic E-state index is 0.155. The van der Waals surface area contributed by atoms with Crippen molar-refractivity contribution in [2.24, 2.45) is 0 Å². The van der Waals surface area contributed by atoms with Gasteiger partial charge < -0.3 is 14.4 Å². The van der Waals surface area contributed by atoms with Crippen LogP contribution in [0.5, 0.6) is 0 Å². The van der Waals surface area contributed by atoms with Crippen molar-refractivity contribution in [2.75, 3.05) is 33.7 Å². The second kappa shape index (κ2) is 8.61. The first-order valence-electron chi connectivity index (χ1n) is 9.36. The summed E-state index contributed by atoms with van der Waals surface area (Å²) in [6.45, 7) is 3.06. The minimum Gasteiger partial charge on any atom is -0.338 e. The number of hydrogen-bond acceptors (Lipinski definition) is 3. The molecule has 1 aliphatic heterocycles. The van der Waals surface area contributed by atoms with E-state index < -0.39 is 11.6 Å². The summed E-state index contributed by atoms with van der Waals surface area (Å²) in [7, 11) is 4.11. The van der Waals surface area contributed by atoms with Gasteiger partial charge in [-0.2, -0.15) is 0 Å². The molecule has 1 aromatic heterocycles. The summed E-state index contributed by atoms with van der Waals surface area (Å²) in [6, 6.07) is 3.32. The fourth-order valence-corrected chi connectivity index (χ4v) is 3.61. The highest BCUT2D eigenvalue weighted by molar-refractivity contribution is 5.94. The summed E-state index contributed by atoms with van der Waals surface area (Å²) in [4.78, 5) is 21.1. The maximum atomic E-state index is 13.5. The van der Waals surface area contributed by atoms with Crippen LogP contribution in [0.15, 0.2) is 30.6 Å². The quantitative estimate of drug-likeness (QED) is 0.778. The standard InChI is InChI=1S/C20H26F2N4O/c1-24(2)9-4-11-25-12-8-23-19(25)16-5-3-10-26(14-16)20(27)15-6-7-17(21)18(22)13-15/h6-8,12-13,16H,3-5,9-11,14H2,1-2H3. The van der Waals surface area contributed by atoms with E-state index in [9.17, 15) is 13.6 Å². The SMILES string of the molecule is CN(C)CCCn1ccnc1C1CCCN(C(=O)c2ccc(F)c(F)c2)C1. The lowest BCUT2D eigenvalue weighted by molar-refractivity contribution is 0.0702. The summed E-state index contributed by atoms with van der Waals surface area (Å²) in [5.74, 6) is -1.04. The number of likely N-dealkylation sites (tertiary alicyclic amines) is 1. The number of amides is 1. The number of imidazole rings is 1. The third-order valence-electron chi connectivity index (χ3n) is 4.99. The van der Waals surface area contributed by atoms with E-state index in [2.05, 4.69) is 28.5 Å². The molecular weight excluding hydrogens is 350 g/mol. The van der Waals surface area contributed by atoms with Gasteiger partial charge in [-0.1, -0.05) is 0 Å². The minimum atomic E-state index is -0.995. The van der Waals surface area contributed by atoms with E-state index in [0.29, 0.717) is 13.1 Å². The van der Waals surface area contributed by atoms with Crippen LogP contribution in [0.25, 0.3) is 0 Å². The monoisotopic (exact) mass is 376 g/mol. The van der Waals surface area contributed by atoms with Crippen molar-refractivity contribution in [3.8, 4) is 0 Å². The van der Waals surface area contributed by atoms with E-state index in [4.69, 9.17) is 0 Å². The van der Waals surface area contributed by atoms with E-state index >= 15 is 0 Å². The fourth-order valence-electron chi connectivity index (χ4n) is 3.61. The first kappa shape index (κ1) is 19.5. The second-order valence-corrected chi connectivity index (χ2v) is 7.35. The number of piperidine rings is 1. The second-order valence-electron chi connectivity index (χ2n) is 7.35. The van der Waals surface area contributed by atoms with Gasteiger partial charge in [0, 0.05) is 43.5 Å². The molecule has 0 aliphatic carbocycles. The summed E-state index contributed by atoms with van der Waals surface area (Å²) in [5, 5.41) is 0. The van der Waals surface area contributed by atoms with Gasteiger partial charge >= 0.3 is 0 Å². The molecular formula is C20H26F2N4O. The first-order chi connectivity index (χ1) is 13.0. The van der Waals surface area contributed by atoms with E-state index in [1.165, 1.54) is 6.07 Å². The van der Waals surface area contributed by atoms with Crippen LogP contribution < -0.4 is 0 Å². The van der Waals surface area contributed by atoms with Gasteiger partial charge in [-0.25, -0.2) is 13.8 Å². The smallest absolute Gasteiger partial charge is 0.253 e. The van der Waals surface area contributed by atoms with Gasteiger partial charge in [0.1, 0.15) is 5.82 Å². The molecule has 7 heteroatoms. The summed E-state index contributed by atoms with van der Waals surface area (Å²) in [6.07, 6.45) is 6.65. The molecule has 0 bridgehead atoms. The van der Waals surface area contributed by atoms with Crippen molar-refractivity contribution in [2.45, 2.75) is 31.7 Å². The predicted molar refractivity (Wildman–Crippen MR) is 99.6 cm³/mol. The van der Waals surface area contributed by atoms with Gasteiger partial charge in [0.05, 0.1) is 0 Å². The van der Waals surface area contributed by atoms with E-state index in [0.717, 1.165) is 50.3 Å². The summed E-state index contributed by atoms with van der Waals surface area (Å²) in [5.41, 5.74) is 0.184. The zero-order valence-corrected chi connectivity index (χ0v) is 15.9. The Bertz CT molecular complexity index is 790. The maximum absolute atomic E-state index is 13.5. The number of nitrogens with zero attached hydrogens (tertiary/aromatic N) is 4. The van der Waals surface area contributed by atoms with Crippen molar-refractivity contribution >= 4 is 5.91 Å². The number of rotatable bonds is 6. The average Bonchev–Trinajstić information content (AvgIpc) is 3.12. The largest absolute Gasteiger partial charge is 0.338 e. The van der Waals surface area contributed by atoms with E-state index in [-0.39, 0.29) is 17.4 Å². The van der Waals surface area contributed by atoms with Crippen molar-refractivity contribution in [1.82, 2.24) is 19.4 Å².